The van der Waals surface area contributed by atoms with Crippen LogP contribution in [-0.2, 0) is 143 Å². The Kier molecular flexibility index (Phi) is 74.4. The van der Waals surface area contributed by atoms with Crippen molar-refractivity contribution < 1.29 is 158 Å². The van der Waals surface area contributed by atoms with Crippen molar-refractivity contribution in [2.24, 2.45) is 21.7 Å². The van der Waals surface area contributed by atoms with Crippen LogP contribution >= 0.6 is 0 Å². The number of amides is 9. The molecule has 124 heavy (non-hydrogen) atoms. The van der Waals surface area contributed by atoms with E-state index in [1.165, 1.54) is 20.8 Å². The van der Waals surface area contributed by atoms with Crippen molar-refractivity contribution in [2.75, 3.05) is 211 Å². The topological polar surface area (TPSA) is 579 Å². The van der Waals surface area contributed by atoms with Crippen LogP contribution in [0.5, 0.6) is 0 Å². The highest BCUT2D eigenvalue weighted by atomic mass is 16.6. The molecule has 0 heterocycles. The predicted molar refractivity (Wildman–Crippen MR) is 449 cm³/mol. The lowest BCUT2D eigenvalue weighted by Gasteiger charge is -2.16. The molecule has 0 saturated heterocycles. The first-order chi connectivity index (χ1) is 58.2. The lowest BCUT2D eigenvalue weighted by molar-refractivity contribution is -0.142. The number of hydrogen-bond acceptors (Lipinski definition) is 30. The standard InChI is InChI=1S/3C23H41N3O10.C13H24O3/c3*1-17(27)26-18(22(31)32)5-6-20(29)24-7-9-33-12-14-36-16-21(30)25-8-10-34-11-13-35-15-19(28)23(2,3)4;1-5-11(14)7-6-9-16-10-8-12(15)13(2,3)4/h3*18H,5-16H2,1-4H3,(H,24,29)(H,25,30)(H,26,27)(H,31,32);5-10H2,1-4H3/t3*18-;/m000./s1. The van der Waals surface area contributed by atoms with Gasteiger partial charge in [-0.05, 0) is 25.7 Å². The maximum Gasteiger partial charge on any atom is 0.326 e. The van der Waals surface area contributed by atoms with E-state index in [0.29, 0.717) is 112 Å². The van der Waals surface area contributed by atoms with Crippen molar-refractivity contribution in [3.05, 3.63) is 0 Å². The van der Waals surface area contributed by atoms with E-state index in [2.05, 4.69) is 47.9 Å². The Hall–Kier alpha value is -8.53. The normalized spacial score (nSPS) is 11.9. The third-order valence-corrected chi connectivity index (χ3v) is 16.0. The second kappa shape index (κ2) is 75.8. The Bertz CT molecular complexity index is 2800. The molecule has 0 saturated carbocycles. The number of rotatable bonds is 71. The first-order valence-electron chi connectivity index (χ1n) is 41.4. The number of carboxylic acid groups (broad SMARTS) is 3. The second-order valence-electron chi connectivity index (χ2n) is 31.5. The summed E-state index contributed by atoms with van der Waals surface area (Å²) in [6.07, 6.45) is 2.22. The van der Waals surface area contributed by atoms with Crippen molar-refractivity contribution >= 4 is 100.0 Å². The molecule has 0 aliphatic heterocycles. The number of ketones is 5. The zero-order valence-corrected chi connectivity index (χ0v) is 76.0. The summed E-state index contributed by atoms with van der Waals surface area (Å²) in [5, 5.41) is 49.4. The Balaban J connectivity index is -0.000000799. The summed E-state index contributed by atoms with van der Waals surface area (Å²) in [4.78, 5) is 194. The maximum atomic E-state index is 11.7. The Morgan fingerprint density at radius 2 is 0.460 bits per heavy atom. The minimum absolute atomic E-state index is 0.0160. The van der Waals surface area contributed by atoms with Gasteiger partial charge in [0.05, 0.1) is 126 Å². The highest BCUT2D eigenvalue weighted by Gasteiger charge is 2.26. The first kappa shape index (κ1) is 122. The summed E-state index contributed by atoms with van der Waals surface area (Å²) in [7, 11) is 0. The molecule has 0 aromatic heterocycles. The average Bonchev–Trinajstić information content (AvgIpc) is 0.915. The Morgan fingerprint density at radius 3 is 0.669 bits per heavy atom. The SMILES string of the molecule is CC(=O)N[C@@H](CCC(=O)NCCOCCOCC(=O)NCCOCCOCC(=O)C(C)(C)C)C(=O)O.CC(=O)N[C@@H](CCC(=O)NCCOCCOCC(=O)NCCOCCOCC(=O)C(C)(C)C)C(=O)O.CC(=O)N[C@@H](CCC(=O)NCCOCCOCC(=O)NCCOCCOCC(=O)C(C)(C)C)C(=O)O.CCC(=O)CCCOCCC(=O)C(C)(C)C. The lowest BCUT2D eigenvalue weighted by atomic mass is 9.89. The molecule has 42 heteroatoms. The van der Waals surface area contributed by atoms with Gasteiger partial charge in [0.2, 0.25) is 53.2 Å². The number of Topliss-reactive ketones (excluding diaryl/α,β-unsaturated/α-hetero) is 5. The van der Waals surface area contributed by atoms with Crippen LogP contribution < -0.4 is 47.9 Å². The van der Waals surface area contributed by atoms with Gasteiger partial charge in [-0.2, -0.15) is 0 Å². The van der Waals surface area contributed by atoms with E-state index >= 15 is 0 Å². The zero-order chi connectivity index (χ0) is 94.8. The minimum atomic E-state index is -1.20. The molecule has 0 rings (SSSR count). The molecule has 9 amide bonds. The van der Waals surface area contributed by atoms with Crippen LogP contribution in [0.1, 0.15) is 175 Å². The average molecular weight is 1790 g/mol. The largest absolute Gasteiger partial charge is 0.480 e. The molecule has 0 unspecified atom stereocenters. The van der Waals surface area contributed by atoms with Crippen molar-refractivity contribution in [2.45, 2.75) is 193 Å². The number of carbonyl (C=O) groups is 17. The number of nitrogens with one attached hydrogen (secondary N) is 9. The van der Waals surface area contributed by atoms with Crippen LogP contribution in [0.15, 0.2) is 0 Å². The van der Waals surface area contributed by atoms with Gasteiger partial charge in [-0.15, -0.1) is 0 Å². The predicted octanol–water partition coefficient (Wildman–Crippen LogP) is 0.577. The van der Waals surface area contributed by atoms with E-state index in [1.54, 1.807) is 0 Å². The maximum absolute atomic E-state index is 11.7. The van der Waals surface area contributed by atoms with Crippen LogP contribution in [0.3, 0.4) is 0 Å². The van der Waals surface area contributed by atoms with Gasteiger partial charge in [-0.1, -0.05) is 90.0 Å². The van der Waals surface area contributed by atoms with Crippen molar-refractivity contribution in [3.63, 3.8) is 0 Å². The van der Waals surface area contributed by atoms with E-state index in [0.717, 1.165) is 6.42 Å². The van der Waals surface area contributed by atoms with Crippen LogP contribution in [0.25, 0.3) is 0 Å². The molecule has 12 N–H and O–H groups in total. The van der Waals surface area contributed by atoms with Gasteiger partial charge in [0.1, 0.15) is 69.3 Å². The smallest absolute Gasteiger partial charge is 0.326 e. The third kappa shape index (κ3) is 83.0. The molecule has 0 fully saturated rings. The highest BCUT2D eigenvalue weighted by Crippen LogP contribution is 2.18. The number of ether oxygens (including phenoxy) is 13. The summed E-state index contributed by atoms with van der Waals surface area (Å²) < 4.78 is 68.5. The van der Waals surface area contributed by atoms with E-state index < -0.39 is 70.0 Å². The van der Waals surface area contributed by atoms with Gasteiger partial charge < -0.3 is 125 Å². The number of hydrogen-bond donors (Lipinski definition) is 12. The van der Waals surface area contributed by atoms with Crippen molar-refractivity contribution in [3.8, 4) is 0 Å². The molecule has 0 aliphatic rings. The third-order valence-electron chi connectivity index (χ3n) is 16.0. The van der Waals surface area contributed by atoms with E-state index in [1.807, 2.05) is 90.0 Å². The van der Waals surface area contributed by atoms with Crippen LogP contribution in [-0.4, -0.2) is 344 Å². The quantitative estimate of drug-likeness (QED) is 0.0371. The lowest BCUT2D eigenvalue weighted by Crippen LogP contribution is -2.40. The van der Waals surface area contributed by atoms with Gasteiger partial charge >= 0.3 is 17.9 Å². The van der Waals surface area contributed by atoms with Crippen LogP contribution in [0, 0.1) is 21.7 Å². The van der Waals surface area contributed by atoms with Gasteiger partial charge in [-0.3, -0.25) is 67.1 Å². The van der Waals surface area contributed by atoms with Gasteiger partial charge in [0.25, 0.3) is 0 Å². The second-order valence-corrected chi connectivity index (χ2v) is 31.5. The van der Waals surface area contributed by atoms with Gasteiger partial charge in [-0.25, -0.2) is 14.4 Å². The van der Waals surface area contributed by atoms with Gasteiger partial charge in [0.15, 0.2) is 17.3 Å². The molecule has 0 bridgehead atoms. The molecule has 0 radical (unpaired) electrons. The number of carboxylic acids is 3. The molecule has 718 valence electrons. The van der Waals surface area contributed by atoms with Crippen LogP contribution in [0.2, 0.25) is 0 Å². The molecule has 3 atom stereocenters. The fraction of sp³-hybridized carbons (Fsp3) is 0.793. The minimum Gasteiger partial charge on any atom is -0.480 e. The van der Waals surface area contributed by atoms with E-state index in [9.17, 15) is 81.5 Å². The molecule has 0 aromatic rings. The fourth-order valence-electron chi connectivity index (χ4n) is 8.48. The van der Waals surface area contributed by atoms with Crippen molar-refractivity contribution in [1.82, 2.24) is 47.9 Å². The van der Waals surface area contributed by atoms with Gasteiger partial charge in [0, 0.05) is 127 Å². The first-order valence-corrected chi connectivity index (χ1v) is 41.4. The summed E-state index contributed by atoms with van der Waals surface area (Å²) in [6, 6.07) is -3.33. The number of aliphatic carboxylic acids is 3. The van der Waals surface area contributed by atoms with E-state index in [-0.39, 0.29) is 227 Å². The highest BCUT2D eigenvalue weighted by molar-refractivity contribution is 5.88. The Morgan fingerprint density at radius 1 is 0.250 bits per heavy atom. The summed E-state index contributed by atoms with van der Waals surface area (Å²) in [5.41, 5.74) is -1.56. The summed E-state index contributed by atoms with van der Waals surface area (Å²) in [6.45, 7) is 34.9. The molecular weight excluding hydrogens is 1640 g/mol. The molecule has 42 nitrogen and oxygen atoms in total. The summed E-state index contributed by atoms with van der Waals surface area (Å²) >= 11 is 0. The molecule has 0 aromatic carbocycles. The van der Waals surface area contributed by atoms with Crippen molar-refractivity contribution in [1.29, 1.82) is 0 Å². The Labute approximate surface area is 729 Å². The molecular formula is C82H147N9O33. The fourth-order valence-corrected chi connectivity index (χ4v) is 8.48. The van der Waals surface area contributed by atoms with Crippen LogP contribution in [0.4, 0.5) is 0 Å². The molecule has 0 spiro atoms. The zero-order valence-electron chi connectivity index (χ0n) is 76.0. The van der Waals surface area contributed by atoms with E-state index in [4.69, 9.17) is 76.9 Å². The number of carbonyl (C=O) groups excluding carboxylic acids is 14. The monoisotopic (exact) mass is 1790 g/mol. The summed E-state index contributed by atoms with van der Waals surface area (Å²) in [5.74, 6) is -6.40. The molecule has 0 aliphatic carbocycles.